The molecule has 0 unspecified atom stereocenters. The van der Waals surface area contributed by atoms with E-state index in [9.17, 15) is 14.0 Å². The first kappa shape index (κ1) is 32.0. The van der Waals surface area contributed by atoms with E-state index < -0.39 is 11.2 Å². The highest BCUT2D eigenvalue weighted by molar-refractivity contribution is 6.12. The van der Waals surface area contributed by atoms with Crippen LogP contribution in [-0.4, -0.2) is 41.6 Å². The number of carbonyl (C=O) groups excluding carboxylic acids is 2. The first-order chi connectivity index (χ1) is 23.9. The van der Waals surface area contributed by atoms with Crippen molar-refractivity contribution in [2.24, 2.45) is 0 Å². The third kappa shape index (κ3) is 6.35. The highest BCUT2D eigenvalue weighted by Gasteiger charge is 2.50. The van der Waals surface area contributed by atoms with Gasteiger partial charge in [-0.1, -0.05) is 53.7 Å². The number of Topliss-reactive ketones (excluding diaryl/α,β-unsaturated/α-hetero) is 1. The van der Waals surface area contributed by atoms with E-state index in [4.69, 9.17) is 18.4 Å². The molecule has 1 amide bonds. The van der Waals surface area contributed by atoms with Crippen LogP contribution in [0.25, 0.3) is 33.4 Å². The number of aromatic nitrogens is 2. The molecule has 7 rings (SSSR count). The second-order valence-electron chi connectivity index (χ2n) is 12.2. The maximum Gasteiger partial charge on any atom is 0.255 e. The van der Waals surface area contributed by atoms with Crippen LogP contribution in [0.4, 0.5) is 4.39 Å². The molecule has 0 radical (unpaired) electrons. The second kappa shape index (κ2) is 13.5. The number of rotatable bonds is 12. The van der Waals surface area contributed by atoms with Crippen molar-refractivity contribution in [1.82, 2.24) is 15.5 Å². The summed E-state index contributed by atoms with van der Waals surface area (Å²) >= 11 is 0. The molecule has 0 saturated heterocycles. The molecule has 0 atom stereocenters. The summed E-state index contributed by atoms with van der Waals surface area (Å²) in [5.74, 6) is 0.530. The molecular formula is C39H34FN3O6. The number of hydrogen-bond acceptors (Lipinski definition) is 8. The van der Waals surface area contributed by atoms with E-state index in [2.05, 4.69) is 15.5 Å². The first-order valence-corrected chi connectivity index (χ1v) is 16.1. The number of halogens is 1. The van der Waals surface area contributed by atoms with E-state index in [0.717, 1.165) is 11.1 Å². The quantitative estimate of drug-likeness (QED) is 0.132. The van der Waals surface area contributed by atoms with E-state index in [1.54, 1.807) is 31.3 Å². The number of carbonyl (C=O) groups is 2. The van der Waals surface area contributed by atoms with Gasteiger partial charge in [0.15, 0.2) is 11.6 Å². The van der Waals surface area contributed by atoms with Gasteiger partial charge < -0.3 is 23.7 Å². The Morgan fingerprint density at radius 1 is 0.980 bits per heavy atom. The van der Waals surface area contributed by atoms with E-state index in [1.165, 1.54) is 18.5 Å². The van der Waals surface area contributed by atoms with Gasteiger partial charge in [0.2, 0.25) is 6.39 Å². The Labute approximate surface area is 282 Å². The minimum absolute atomic E-state index is 0.0393. The van der Waals surface area contributed by atoms with Crippen LogP contribution in [0.3, 0.4) is 0 Å². The van der Waals surface area contributed by atoms with E-state index in [-0.39, 0.29) is 24.2 Å². The fraction of sp³-hybridized carbons (Fsp3) is 0.231. The lowest BCUT2D eigenvalue weighted by Gasteiger charge is -2.44. The highest BCUT2D eigenvalue weighted by atomic mass is 19.1. The molecule has 49 heavy (non-hydrogen) atoms. The molecule has 1 aliphatic rings. The van der Waals surface area contributed by atoms with Crippen molar-refractivity contribution in [3.8, 4) is 28.2 Å². The van der Waals surface area contributed by atoms with Crippen LogP contribution in [0, 0.1) is 5.82 Å². The number of benzene rings is 4. The highest BCUT2D eigenvalue weighted by Crippen LogP contribution is 2.48. The lowest BCUT2D eigenvalue weighted by Crippen LogP contribution is -2.48. The predicted octanol–water partition coefficient (Wildman–Crippen LogP) is 7.94. The SMILES string of the molecule is CCOc1cc2oc(-c3ccc(F)cc3)c(C(=O)NC)c2cc1-c1cccc(C(=O)CC2(c3ncon3)CC(OCc3ccccc3)C2)c1. The zero-order valence-corrected chi connectivity index (χ0v) is 27.1. The van der Waals surface area contributed by atoms with Gasteiger partial charge in [0.1, 0.15) is 22.9 Å². The van der Waals surface area contributed by atoms with Crippen LogP contribution < -0.4 is 10.1 Å². The lowest BCUT2D eigenvalue weighted by atomic mass is 9.63. The fourth-order valence-corrected chi connectivity index (χ4v) is 6.58. The Bertz CT molecular complexity index is 2100. The number of amides is 1. The molecule has 1 fully saturated rings. The van der Waals surface area contributed by atoms with Gasteiger partial charge in [-0.3, -0.25) is 9.59 Å². The standard InChI is InChI=1S/C39H34FN3O6/c1-3-46-33-18-34-31(35(37(45)41-2)36(49-34)25-12-14-28(40)15-13-25)17-30(33)26-10-7-11-27(16-26)32(44)21-39(38-42-23-48-43-38)19-29(20-39)47-22-24-8-5-4-6-9-24/h4-18,23,29H,3,19-22H2,1-2H3,(H,41,45). The Hall–Kier alpha value is -5.61. The van der Waals surface area contributed by atoms with Crippen LogP contribution >= 0.6 is 0 Å². The monoisotopic (exact) mass is 659 g/mol. The van der Waals surface area contributed by atoms with E-state index in [1.807, 2.05) is 61.5 Å². The van der Waals surface area contributed by atoms with Gasteiger partial charge in [-0.15, -0.1) is 0 Å². The summed E-state index contributed by atoms with van der Waals surface area (Å²) in [7, 11) is 1.54. The van der Waals surface area contributed by atoms with Crippen molar-refractivity contribution in [3.63, 3.8) is 0 Å². The maximum absolute atomic E-state index is 14.0. The van der Waals surface area contributed by atoms with Gasteiger partial charge in [-0.25, -0.2) is 4.39 Å². The van der Waals surface area contributed by atoms with Gasteiger partial charge >= 0.3 is 0 Å². The molecule has 6 aromatic rings. The second-order valence-corrected chi connectivity index (χ2v) is 12.2. The Kier molecular flexibility index (Phi) is 8.79. The zero-order valence-electron chi connectivity index (χ0n) is 27.1. The molecule has 0 bridgehead atoms. The number of fused-ring (bicyclic) bond motifs is 1. The molecule has 2 aromatic heterocycles. The third-order valence-corrected chi connectivity index (χ3v) is 9.05. The maximum atomic E-state index is 14.0. The van der Waals surface area contributed by atoms with Crippen molar-refractivity contribution in [2.75, 3.05) is 13.7 Å². The predicted molar refractivity (Wildman–Crippen MR) is 181 cm³/mol. The molecule has 2 heterocycles. The van der Waals surface area contributed by atoms with Gasteiger partial charge in [0, 0.05) is 47.0 Å². The number of ether oxygens (including phenoxy) is 2. The summed E-state index contributed by atoms with van der Waals surface area (Å²) in [6.07, 6.45) is 2.62. The topological polar surface area (TPSA) is 117 Å². The molecule has 4 aromatic carbocycles. The van der Waals surface area contributed by atoms with Crippen molar-refractivity contribution in [3.05, 3.63) is 126 Å². The Morgan fingerprint density at radius 3 is 2.49 bits per heavy atom. The molecule has 1 N–H and O–H groups in total. The summed E-state index contributed by atoms with van der Waals surface area (Å²) < 4.78 is 37.2. The summed E-state index contributed by atoms with van der Waals surface area (Å²) in [5.41, 5.74) is 3.73. The molecule has 9 nitrogen and oxygen atoms in total. The molecular weight excluding hydrogens is 625 g/mol. The molecule has 248 valence electrons. The van der Waals surface area contributed by atoms with Gasteiger partial charge in [0.25, 0.3) is 5.91 Å². The van der Waals surface area contributed by atoms with Crippen LogP contribution in [-0.2, 0) is 16.8 Å². The third-order valence-electron chi connectivity index (χ3n) is 9.05. The average Bonchev–Trinajstić information content (AvgIpc) is 3.78. The van der Waals surface area contributed by atoms with Crippen molar-refractivity contribution < 1.29 is 32.4 Å². The van der Waals surface area contributed by atoms with E-state index in [0.29, 0.717) is 76.6 Å². The van der Waals surface area contributed by atoms with E-state index >= 15 is 0 Å². The number of ketones is 1. The largest absolute Gasteiger partial charge is 0.493 e. The lowest BCUT2D eigenvalue weighted by molar-refractivity contribution is -0.0586. The zero-order chi connectivity index (χ0) is 34.0. The molecule has 0 aliphatic heterocycles. The number of hydrogen-bond donors (Lipinski definition) is 1. The normalized spacial score (nSPS) is 17.1. The average molecular weight is 660 g/mol. The smallest absolute Gasteiger partial charge is 0.255 e. The van der Waals surface area contributed by atoms with Crippen molar-refractivity contribution in [2.45, 2.75) is 44.3 Å². The van der Waals surface area contributed by atoms with Gasteiger partial charge in [-0.05, 0) is 67.3 Å². The fourth-order valence-electron chi connectivity index (χ4n) is 6.58. The first-order valence-electron chi connectivity index (χ1n) is 16.1. The van der Waals surface area contributed by atoms with Crippen LogP contribution in [0.5, 0.6) is 5.75 Å². The van der Waals surface area contributed by atoms with Crippen LogP contribution in [0.2, 0.25) is 0 Å². The minimum atomic E-state index is -0.604. The number of furan rings is 1. The molecule has 1 saturated carbocycles. The number of nitrogens with one attached hydrogen (secondary N) is 1. The molecule has 0 spiro atoms. The Balaban J connectivity index is 1.20. The van der Waals surface area contributed by atoms with Crippen molar-refractivity contribution >= 4 is 22.7 Å². The van der Waals surface area contributed by atoms with Crippen molar-refractivity contribution in [1.29, 1.82) is 0 Å². The molecule has 1 aliphatic carbocycles. The molecule has 10 heteroatoms. The number of nitrogens with zero attached hydrogens (tertiary/aromatic N) is 2. The summed E-state index contributed by atoms with van der Waals surface area (Å²) in [4.78, 5) is 31.5. The summed E-state index contributed by atoms with van der Waals surface area (Å²) in [5, 5.41) is 7.37. The van der Waals surface area contributed by atoms with Crippen LogP contribution in [0.1, 0.15) is 58.3 Å². The van der Waals surface area contributed by atoms with Crippen LogP contribution in [0.15, 0.2) is 106 Å². The van der Waals surface area contributed by atoms with Gasteiger partial charge in [0.05, 0.1) is 24.9 Å². The summed E-state index contributed by atoms with van der Waals surface area (Å²) in [6.45, 7) is 2.74. The summed E-state index contributed by atoms with van der Waals surface area (Å²) in [6, 6.07) is 26.7. The van der Waals surface area contributed by atoms with Gasteiger partial charge in [-0.2, -0.15) is 4.98 Å². The minimum Gasteiger partial charge on any atom is -0.493 e. The Morgan fingerprint density at radius 2 is 1.78 bits per heavy atom.